The summed E-state index contributed by atoms with van der Waals surface area (Å²) in [5.41, 5.74) is 2.73. The van der Waals surface area contributed by atoms with Gasteiger partial charge in [-0.15, -0.1) is 0 Å². The van der Waals surface area contributed by atoms with E-state index < -0.39 is 6.04 Å². The van der Waals surface area contributed by atoms with Gasteiger partial charge in [-0.1, -0.05) is 35.5 Å². The smallest absolute Gasteiger partial charge is 0.315 e. The van der Waals surface area contributed by atoms with Crippen LogP contribution in [0.1, 0.15) is 28.6 Å². The number of rotatable bonds is 6. The van der Waals surface area contributed by atoms with Crippen LogP contribution in [0.15, 0.2) is 34.9 Å². The van der Waals surface area contributed by atoms with E-state index in [9.17, 15) is 9.90 Å². The third-order valence-electron chi connectivity index (χ3n) is 3.53. The number of hydrogen-bond donors (Lipinski definition) is 3. The van der Waals surface area contributed by atoms with E-state index in [1.54, 1.807) is 0 Å². The van der Waals surface area contributed by atoms with E-state index in [0.717, 1.165) is 22.6 Å². The van der Waals surface area contributed by atoms with Gasteiger partial charge in [-0.3, -0.25) is 0 Å². The van der Waals surface area contributed by atoms with Crippen molar-refractivity contribution in [2.45, 2.75) is 26.3 Å². The minimum atomic E-state index is -0.416. The lowest BCUT2D eigenvalue weighted by atomic mass is 10.1. The van der Waals surface area contributed by atoms with Crippen LogP contribution in [0.5, 0.6) is 0 Å². The number of nitrogens with zero attached hydrogens (tertiary/aromatic N) is 1. The van der Waals surface area contributed by atoms with Crippen LogP contribution in [0.2, 0.25) is 0 Å². The number of amides is 2. The van der Waals surface area contributed by atoms with Crippen LogP contribution in [-0.2, 0) is 6.42 Å². The maximum absolute atomic E-state index is 11.9. The summed E-state index contributed by atoms with van der Waals surface area (Å²) in [4.78, 5) is 11.9. The quantitative estimate of drug-likeness (QED) is 0.760. The van der Waals surface area contributed by atoms with Crippen LogP contribution < -0.4 is 10.6 Å². The van der Waals surface area contributed by atoms with Crippen molar-refractivity contribution in [2.24, 2.45) is 0 Å². The third kappa shape index (κ3) is 4.08. The van der Waals surface area contributed by atoms with Gasteiger partial charge in [0.2, 0.25) is 0 Å². The van der Waals surface area contributed by atoms with Crippen molar-refractivity contribution in [3.63, 3.8) is 0 Å². The monoisotopic (exact) mass is 303 g/mol. The largest absolute Gasteiger partial charge is 0.394 e. The van der Waals surface area contributed by atoms with Crippen molar-refractivity contribution in [2.75, 3.05) is 13.2 Å². The number of aryl methyl sites for hydroxylation is 2. The Morgan fingerprint density at radius 3 is 2.64 bits per heavy atom. The van der Waals surface area contributed by atoms with Crippen LogP contribution >= 0.6 is 0 Å². The molecule has 0 aliphatic carbocycles. The molecule has 3 N–H and O–H groups in total. The van der Waals surface area contributed by atoms with Gasteiger partial charge in [0.25, 0.3) is 0 Å². The van der Waals surface area contributed by atoms with E-state index in [1.165, 1.54) is 0 Å². The summed E-state index contributed by atoms with van der Waals surface area (Å²) in [6.45, 7) is 4.05. The lowest BCUT2D eigenvalue weighted by Gasteiger charge is -2.17. The molecule has 0 spiro atoms. The van der Waals surface area contributed by atoms with Crippen molar-refractivity contribution >= 4 is 6.03 Å². The summed E-state index contributed by atoms with van der Waals surface area (Å²) in [5.74, 6) is 0.775. The maximum atomic E-state index is 11.9. The molecule has 1 atom stereocenters. The van der Waals surface area contributed by atoms with Gasteiger partial charge in [-0.25, -0.2) is 4.79 Å². The number of benzene rings is 1. The number of carbonyl (C=O) groups excluding carboxylic acids is 1. The van der Waals surface area contributed by atoms with Gasteiger partial charge < -0.3 is 20.3 Å². The summed E-state index contributed by atoms with van der Waals surface area (Å²) in [6.07, 6.45) is 0.656. The molecule has 1 heterocycles. The summed E-state index contributed by atoms with van der Waals surface area (Å²) in [5, 5.41) is 18.8. The molecular formula is C16H21N3O3. The first-order valence-electron chi connectivity index (χ1n) is 7.23. The fourth-order valence-corrected chi connectivity index (χ4v) is 2.29. The number of urea groups is 1. The van der Waals surface area contributed by atoms with Crippen LogP contribution in [-0.4, -0.2) is 29.4 Å². The molecule has 1 aromatic carbocycles. The van der Waals surface area contributed by atoms with E-state index in [2.05, 4.69) is 15.8 Å². The first kappa shape index (κ1) is 16.0. The fourth-order valence-electron chi connectivity index (χ4n) is 2.29. The van der Waals surface area contributed by atoms with Crippen LogP contribution in [0.25, 0.3) is 0 Å². The molecule has 2 amide bonds. The average Bonchev–Trinajstić information content (AvgIpc) is 2.85. The zero-order chi connectivity index (χ0) is 15.9. The molecule has 118 valence electrons. The molecule has 6 heteroatoms. The van der Waals surface area contributed by atoms with E-state index >= 15 is 0 Å². The highest BCUT2D eigenvalue weighted by Gasteiger charge is 2.13. The Bertz CT molecular complexity index is 591. The molecular weight excluding hydrogens is 282 g/mol. The summed E-state index contributed by atoms with van der Waals surface area (Å²) in [6, 6.07) is 8.64. The predicted molar refractivity (Wildman–Crippen MR) is 82.5 cm³/mol. The van der Waals surface area contributed by atoms with E-state index in [0.29, 0.717) is 13.0 Å². The van der Waals surface area contributed by atoms with Crippen LogP contribution in [0.3, 0.4) is 0 Å². The standard InChI is InChI=1S/C16H21N3O3/c1-11-14(12(2)22-19-11)8-9-17-16(21)18-15(10-20)13-6-4-3-5-7-13/h3-7,15,20H,8-10H2,1-2H3,(H2,17,18,21). The average molecular weight is 303 g/mol. The Kier molecular flexibility index (Phi) is 5.55. The number of carbonyl (C=O) groups is 1. The number of aromatic nitrogens is 1. The molecule has 0 saturated carbocycles. The first-order chi connectivity index (χ1) is 10.6. The summed E-state index contributed by atoms with van der Waals surface area (Å²) >= 11 is 0. The van der Waals surface area contributed by atoms with E-state index in [1.807, 2.05) is 44.2 Å². The lowest BCUT2D eigenvalue weighted by Crippen LogP contribution is -2.40. The van der Waals surface area contributed by atoms with E-state index in [4.69, 9.17) is 4.52 Å². The highest BCUT2D eigenvalue weighted by atomic mass is 16.5. The molecule has 2 rings (SSSR count). The molecule has 0 aliphatic heterocycles. The first-order valence-corrected chi connectivity index (χ1v) is 7.23. The lowest BCUT2D eigenvalue weighted by molar-refractivity contribution is 0.217. The minimum Gasteiger partial charge on any atom is -0.394 e. The molecule has 22 heavy (non-hydrogen) atoms. The van der Waals surface area contributed by atoms with Crippen molar-refractivity contribution in [3.8, 4) is 0 Å². The third-order valence-corrected chi connectivity index (χ3v) is 3.53. The van der Waals surface area contributed by atoms with Gasteiger partial charge in [-0.05, 0) is 25.8 Å². The van der Waals surface area contributed by atoms with Gasteiger partial charge in [-0.2, -0.15) is 0 Å². The normalized spacial score (nSPS) is 12.0. The van der Waals surface area contributed by atoms with Gasteiger partial charge in [0.05, 0.1) is 18.3 Å². The number of aliphatic hydroxyl groups is 1. The molecule has 2 aromatic rings. The molecule has 0 saturated heterocycles. The molecule has 0 radical (unpaired) electrons. The zero-order valence-electron chi connectivity index (χ0n) is 12.8. The van der Waals surface area contributed by atoms with Gasteiger partial charge in [0.1, 0.15) is 5.76 Å². The molecule has 1 unspecified atom stereocenters. The zero-order valence-corrected chi connectivity index (χ0v) is 12.8. The minimum absolute atomic E-state index is 0.151. The van der Waals surface area contributed by atoms with Crippen molar-refractivity contribution in [1.82, 2.24) is 15.8 Å². The number of nitrogens with one attached hydrogen (secondary N) is 2. The van der Waals surface area contributed by atoms with Crippen molar-refractivity contribution in [1.29, 1.82) is 0 Å². The van der Waals surface area contributed by atoms with Gasteiger partial charge in [0, 0.05) is 12.1 Å². The van der Waals surface area contributed by atoms with Crippen molar-refractivity contribution < 1.29 is 14.4 Å². The Balaban J connectivity index is 1.82. The molecule has 1 aromatic heterocycles. The predicted octanol–water partition coefficient (Wildman–Crippen LogP) is 1.87. The Morgan fingerprint density at radius 2 is 2.05 bits per heavy atom. The van der Waals surface area contributed by atoms with Crippen molar-refractivity contribution in [3.05, 3.63) is 52.9 Å². The molecule has 0 fully saturated rings. The summed E-state index contributed by atoms with van der Waals surface area (Å²) < 4.78 is 5.08. The van der Waals surface area contributed by atoms with Crippen LogP contribution in [0, 0.1) is 13.8 Å². The fraction of sp³-hybridized carbons (Fsp3) is 0.375. The molecule has 6 nitrogen and oxygen atoms in total. The second-order valence-corrected chi connectivity index (χ2v) is 5.10. The van der Waals surface area contributed by atoms with Gasteiger partial charge in [0.15, 0.2) is 0 Å². The second kappa shape index (κ2) is 7.61. The highest BCUT2D eigenvalue weighted by molar-refractivity contribution is 5.74. The topological polar surface area (TPSA) is 87.4 Å². The highest BCUT2D eigenvalue weighted by Crippen LogP contribution is 2.13. The Hall–Kier alpha value is -2.34. The molecule has 0 aliphatic rings. The Labute approximate surface area is 129 Å². The number of hydrogen-bond acceptors (Lipinski definition) is 4. The summed E-state index contributed by atoms with van der Waals surface area (Å²) in [7, 11) is 0. The second-order valence-electron chi connectivity index (χ2n) is 5.10. The Morgan fingerprint density at radius 1 is 1.32 bits per heavy atom. The maximum Gasteiger partial charge on any atom is 0.315 e. The molecule has 0 bridgehead atoms. The van der Waals surface area contributed by atoms with Gasteiger partial charge >= 0.3 is 6.03 Å². The SMILES string of the molecule is Cc1noc(C)c1CCNC(=O)NC(CO)c1ccccc1. The van der Waals surface area contributed by atoms with Crippen LogP contribution in [0.4, 0.5) is 4.79 Å². The van der Waals surface area contributed by atoms with E-state index in [-0.39, 0.29) is 12.6 Å². The number of aliphatic hydroxyl groups excluding tert-OH is 1.